The lowest BCUT2D eigenvalue weighted by atomic mass is 10.2. The highest BCUT2D eigenvalue weighted by Crippen LogP contribution is 1.98. The fraction of sp³-hybridized carbons (Fsp3) is 0.727. The van der Waals surface area contributed by atoms with Crippen molar-refractivity contribution in [3.05, 3.63) is 0 Å². The second kappa shape index (κ2) is 15.2. The van der Waals surface area contributed by atoms with Crippen LogP contribution in [-0.2, 0) is 14.3 Å². The Morgan fingerprint density at radius 1 is 1.00 bits per heavy atom. The van der Waals surface area contributed by atoms with Crippen LogP contribution in [0.4, 0.5) is 4.79 Å². The van der Waals surface area contributed by atoms with Gasteiger partial charge >= 0.3 is 6.16 Å². The summed E-state index contributed by atoms with van der Waals surface area (Å²) >= 11 is 0. The van der Waals surface area contributed by atoms with Crippen molar-refractivity contribution in [2.75, 3.05) is 6.61 Å². The summed E-state index contributed by atoms with van der Waals surface area (Å²) in [6.45, 7) is 2.30. The van der Waals surface area contributed by atoms with Crippen LogP contribution in [0, 0.1) is 0 Å². The minimum absolute atomic E-state index is 0.219. The van der Waals surface area contributed by atoms with Crippen LogP contribution < -0.4 is 22.5 Å². The fourth-order valence-electron chi connectivity index (χ4n) is 1.02. The molecule has 0 radical (unpaired) electrons. The van der Waals surface area contributed by atoms with Gasteiger partial charge in [-0.2, -0.15) is 0 Å². The van der Waals surface area contributed by atoms with Crippen LogP contribution in [0.2, 0.25) is 0 Å². The summed E-state index contributed by atoms with van der Waals surface area (Å²) in [6.07, 6.45) is 2.55. The van der Waals surface area contributed by atoms with E-state index in [0.717, 1.165) is 12.8 Å². The number of hydrogen-bond acceptors (Lipinski definition) is 6. The molecule has 0 spiro atoms. The first-order valence-electron chi connectivity index (χ1n) is 6.32. The van der Waals surface area contributed by atoms with Crippen molar-refractivity contribution < 1.29 is 24.2 Å². The smallest absolute Gasteiger partial charge is 0.450 e. The number of amides is 2. The average Bonchev–Trinajstić information content (AvgIpc) is 2.43. The van der Waals surface area contributed by atoms with Crippen molar-refractivity contribution in [2.24, 2.45) is 11.7 Å². The largest absolute Gasteiger partial charge is 0.505 e. The van der Waals surface area contributed by atoms with Gasteiger partial charge in [-0.1, -0.05) is 13.3 Å². The topological polar surface area (TPSA) is 157 Å². The molecule has 20 heavy (non-hydrogen) atoms. The third-order valence-corrected chi connectivity index (χ3v) is 2.10. The summed E-state index contributed by atoms with van der Waals surface area (Å²) in [5.41, 5.74) is 4.01. The van der Waals surface area contributed by atoms with Gasteiger partial charge in [0.25, 0.3) is 0 Å². The second-order valence-electron chi connectivity index (χ2n) is 3.81. The number of carbonyl (C=O) groups excluding carboxylic acids is 2. The van der Waals surface area contributed by atoms with Gasteiger partial charge in [0.2, 0.25) is 11.8 Å². The van der Waals surface area contributed by atoms with Gasteiger partial charge < -0.3 is 9.84 Å². The molecule has 0 fully saturated rings. The van der Waals surface area contributed by atoms with Crippen LogP contribution in [0.15, 0.2) is 0 Å². The first-order chi connectivity index (χ1) is 9.47. The number of rotatable bonds is 8. The lowest BCUT2D eigenvalue weighted by Gasteiger charge is -1.99. The van der Waals surface area contributed by atoms with Gasteiger partial charge in [-0.3, -0.25) is 20.4 Å². The average molecular weight is 292 g/mol. The van der Waals surface area contributed by atoms with E-state index in [4.69, 9.17) is 16.8 Å². The Balaban J connectivity index is 0. The fourth-order valence-corrected chi connectivity index (χ4v) is 1.02. The molecular weight excluding hydrogens is 268 g/mol. The van der Waals surface area contributed by atoms with Gasteiger partial charge in [-0.05, 0) is 19.3 Å². The maximum atomic E-state index is 10.6. The molecule has 0 rings (SSSR count). The molecular formula is C11H24N4O5. The van der Waals surface area contributed by atoms with E-state index in [1.54, 1.807) is 0 Å². The molecule has 0 aromatic carbocycles. The summed E-state index contributed by atoms with van der Waals surface area (Å²) in [7, 11) is 0. The van der Waals surface area contributed by atoms with Crippen molar-refractivity contribution in [2.45, 2.75) is 45.4 Å². The third-order valence-electron chi connectivity index (χ3n) is 2.10. The number of nitrogens with one attached hydrogen (secondary N) is 2. The second-order valence-corrected chi connectivity index (χ2v) is 3.81. The van der Waals surface area contributed by atoms with Gasteiger partial charge in [0.15, 0.2) is 0 Å². The molecule has 118 valence electrons. The Hall–Kier alpha value is -1.87. The van der Waals surface area contributed by atoms with Crippen LogP contribution in [0.5, 0.6) is 0 Å². The number of hydrazine groups is 2. The predicted molar refractivity (Wildman–Crippen MR) is 72.0 cm³/mol. The standard InChI is InChI=1S/C6H14N4O2.C5H10O3/c7-9-5(11)3-1-2-4-6(12)10-8;1-2-3-4-8-5(6)7/h1-4,7-8H2,(H,9,11)(H,10,12);2-4H2,1H3,(H,6,7). The van der Waals surface area contributed by atoms with E-state index in [1.807, 2.05) is 17.8 Å². The maximum absolute atomic E-state index is 10.6. The normalized spacial score (nSPS) is 8.95. The third kappa shape index (κ3) is 18.5. The number of carboxylic acid groups (broad SMARTS) is 1. The predicted octanol–water partition coefficient (Wildman–Crippen LogP) is 0.00770. The number of ether oxygens (including phenoxy) is 1. The van der Waals surface area contributed by atoms with E-state index < -0.39 is 6.16 Å². The Morgan fingerprint density at radius 2 is 1.45 bits per heavy atom. The lowest BCUT2D eigenvalue weighted by Crippen LogP contribution is -2.30. The molecule has 0 aromatic rings. The van der Waals surface area contributed by atoms with Crippen molar-refractivity contribution >= 4 is 18.0 Å². The van der Waals surface area contributed by atoms with Gasteiger partial charge in [-0.15, -0.1) is 0 Å². The van der Waals surface area contributed by atoms with Gasteiger partial charge in [0, 0.05) is 12.8 Å². The van der Waals surface area contributed by atoms with Crippen LogP contribution in [0.25, 0.3) is 0 Å². The quantitative estimate of drug-likeness (QED) is 0.138. The zero-order valence-corrected chi connectivity index (χ0v) is 11.7. The molecule has 2 amide bonds. The van der Waals surface area contributed by atoms with E-state index in [1.165, 1.54) is 0 Å². The van der Waals surface area contributed by atoms with Crippen LogP contribution in [0.3, 0.4) is 0 Å². The lowest BCUT2D eigenvalue weighted by molar-refractivity contribution is -0.123. The number of unbranched alkanes of at least 4 members (excludes halogenated alkanes) is 2. The van der Waals surface area contributed by atoms with Gasteiger partial charge in [0.05, 0.1) is 6.61 Å². The number of carbonyl (C=O) groups is 3. The first-order valence-corrected chi connectivity index (χ1v) is 6.32. The summed E-state index contributed by atoms with van der Waals surface area (Å²) in [5.74, 6) is 9.24. The van der Waals surface area contributed by atoms with Crippen molar-refractivity contribution in [3.8, 4) is 0 Å². The maximum Gasteiger partial charge on any atom is 0.505 e. The van der Waals surface area contributed by atoms with Crippen LogP contribution in [0.1, 0.15) is 45.4 Å². The van der Waals surface area contributed by atoms with Crippen LogP contribution >= 0.6 is 0 Å². The van der Waals surface area contributed by atoms with E-state index in [9.17, 15) is 14.4 Å². The molecule has 9 heteroatoms. The van der Waals surface area contributed by atoms with E-state index in [-0.39, 0.29) is 11.8 Å². The summed E-state index contributed by atoms with van der Waals surface area (Å²) in [4.78, 5) is 30.8. The highest BCUT2D eigenvalue weighted by Gasteiger charge is 2.00. The van der Waals surface area contributed by atoms with Gasteiger partial charge in [-0.25, -0.2) is 16.5 Å². The number of hydrogen-bond donors (Lipinski definition) is 5. The van der Waals surface area contributed by atoms with Gasteiger partial charge in [0.1, 0.15) is 0 Å². The highest BCUT2D eigenvalue weighted by atomic mass is 16.7. The molecule has 0 saturated heterocycles. The molecule has 0 heterocycles. The van der Waals surface area contributed by atoms with E-state index >= 15 is 0 Å². The Labute approximate surface area is 118 Å². The minimum Gasteiger partial charge on any atom is -0.450 e. The van der Waals surface area contributed by atoms with Crippen molar-refractivity contribution in [3.63, 3.8) is 0 Å². The molecule has 0 bridgehead atoms. The van der Waals surface area contributed by atoms with Crippen molar-refractivity contribution in [1.29, 1.82) is 0 Å². The highest BCUT2D eigenvalue weighted by molar-refractivity contribution is 5.76. The van der Waals surface area contributed by atoms with Crippen molar-refractivity contribution in [1.82, 2.24) is 10.9 Å². The summed E-state index contributed by atoms with van der Waals surface area (Å²) in [5, 5.41) is 7.92. The Morgan fingerprint density at radius 3 is 1.75 bits per heavy atom. The SMILES string of the molecule is CCCCOC(=O)O.NNC(=O)CCCCC(=O)NN. The molecule has 0 aromatic heterocycles. The molecule has 0 unspecified atom stereocenters. The zero-order valence-electron chi connectivity index (χ0n) is 11.7. The molecule has 0 atom stereocenters. The number of nitrogens with two attached hydrogens (primary N) is 2. The molecule has 9 nitrogen and oxygen atoms in total. The summed E-state index contributed by atoms with van der Waals surface area (Å²) < 4.78 is 4.20. The molecule has 0 aliphatic carbocycles. The Bertz CT molecular complexity index is 268. The molecule has 0 saturated carbocycles. The minimum atomic E-state index is -1.18. The molecule has 0 aliphatic heterocycles. The molecule has 0 aliphatic rings. The zero-order chi connectivity index (χ0) is 15.8. The first kappa shape index (κ1) is 20.4. The van der Waals surface area contributed by atoms with E-state index in [0.29, 0.717) is 32.3 Å². The van der Waals surface area contributed by atoms with Crippen LogP contribution in [-0.4, -0.2) is 29.7 Å². The van der Waals surface area contributed by atoms with E-state index in [2.05, 4.69) is 4.74 Å². The summed E-state index contributed by atoms with van der Waals surface area (Å²) in [6, 6.07) is 0. The Kier molecular flexibility index (Phi) is 15.5. The monoisotopic (exact) mass is 292 g/mol. The molecule has 7 N–H and O–H groups in total.